The average molecular weight is 420 g/mol. The van der Waals surface area contributed by atoms with E-state index in [1.54, 1.807) is 6.92 Å². The lowest BCUT2D eigenvalue weighted by Gasteiger charge is -2.58. The van der Waals surface area contributed by atoms with Crippen LogP contribution >= 0.6 is 11.6 Å². The predicted octanol–water partition coefficient (Wildman–Crippen LogP) is 3.54. The first-order chi connectivity index (χ1) is 13.8. The number of hydrogen-bond donors (Lipinski definition) is 1. The van der Waals surface area contributed by atoms with Gasteiger partial charge in [0, 0.05) is 11.4 Å². The van der Waals surface area contributed by atoms with E-state index in [2.05, 4.69) is 5.32 Å². The summed E-state index contributed by atoms with van der Waals surface area (Å²) in [6.07, 6.45) is 4.73. The first-order valence-electron chi connectivity index (χ1n) is 10.4. The summed E-state index contributed by atoms with van der Waals surface area (Å²) in [7, 11) is 0. The Morgan fingerprint density at radius 1 is 1.21 bits per heavy atom. The molecule has 1 N–H and O–H groups in total. The van der Waals surface area contributed by atoms with Gasteiger partial charge < -0.3 is 19.5 Å². The molecule has 4 saturated carbocycles. The van der Waals surface area contributed by atoms with Gasteiger partial charge in [0.15, 0.2) is 17.6 Å². The Kier molecular flexibility index (Phi) is 4.46. The number of benzene rings is 1. The Labute approximate surface area is 175 Å². The molecule has 7 heteroatoms. The van der Waals surface area contributed by atoms with Crippen LogP contribution in [0.1, 0.15) is 51.0 Å². The first kappa shape index (κ1) is 19.0. The number of hydrogen-bond acceptors (Lipinski definition) is 5. The highest BCUT2D eigenvalue weighted by Gasteiger charge is 2.61. The van der Waals surface area contributed by atoms with Gasteiger partial charge in [-0.3, -0.25) is 9.59 Å². The maximum Gasteiger partial charge on any atom is 0.312 e. The van der Waals surface area contributed by atoms with E-state index in [4.69, 9.17) is 25.8 Å². The van der Waals surface area contributed by atoms with Crippen molar-refractivity contribution in [2.24, 2.45) is 17.3 Å². The van der Waals surface area contributed by atoms with Crippen LogP contribution in [-0.2, 0) is 20.9 Å². The second-order valence-electron chi connectivity index (χ2n) is 9.35. The molecule has 0 radical (unpaired) electrons. The van der Waals surface area contributed by atoms with Gasteiger partial charge in [-0.1, -0.05) is 6.07 Å². The highest BCUT2D eigenvalue weighted by atomic mass is 35.5. The van der Waals surface area contributed by atoms with Crippen molar-refractivity contribution in [1.82, 2.24) is 5.32 Å². The summed E-state index contributed by atoms with van der Waals surface area (Å²) in [4.78, 5) is 25.3. The third kappa shape index (κ3) is 3.45. The summed E-state index contributed by atoms with van der Waals surface area (Å²) in [6.45, 7) is 2.17. The molecule has 6 rings (SSSR count). The molecule has 0 spiro atoms. The molecule has 1 heterocycles. The van der Waals surface area contributed by atoms with Gasteiger partial charge in [-0.2, -0.15) is 0 Å². The zero-order valence-corrected chi connectivity index (χ0v) is 17.3. The second kappa shape index (κ2) is 6.79. The maximum atomic E-state index is 13.1. The molecule has 2 unspecified atom stereocenters. The standard InChI is InChI=1S/C22H26ClNO5/c1-13(19(25)24-10-14-2-3-17-18(5-14)28-12-27-17)29-20(26)21-6-15-4-16(7-21)9-22(23,8-15)11-21/h2-3,5,13,15-16H,4,6-12H2,1H3,(H,24,25)/t13-,15-,16+,21?,22?/m0/s1. The van der Waals surface area contributed by atoms with E-state index in [1.165, 1.54) is 6.42 Å². The van der Waals surface area contributed by atoms with Crippen molar-refractivity contribution in [2.75, 3.05) is 6.79 Å². The van der Waals surface area contributed by atoms with Crippen molar-refractivity contribution in [3.05, 3.63) is 23.8 Å². The summed E-state index contributed by atoms with van der Waals surface area (Å²) in [5.74, 6) is 1.85. The lowest BCUT2D eigenvalue weighted by Crippen LogP contribution is -2.57. The van der Waals surface area contributed by atoms with Gasteiger partial charge in [0.05, 0.1) is 5.41 Å². The largest absolute Gasteiger partial charge is 0.454 e. The van der Waals surface area contributed by atoms with Crippen LogP contribution in [0.15, 0.2) is 18.2 Å². The van der Waals surface area contributed by atoms with Gasteiger partial charge in [0.25, 0.3) is 5.91 Å². The van der Waals surface area contributed by atoms with Crippen LogP contribution in [0.3, 0.4) is 0 Å². The molecule has 156 valence electrons. The molecular formula is C22H26ClNO5. The zero-order valence-electron chi connectivity index (χ0n) is 16.5. The van der Waals surface area contributed by atoms with Gasteiger partial charge >= 0.3 is 5.97 Å². The Bertz CT molecular complexity index is 842. The van der Waals surface area contributed by atoms with Crippen molar-refractivity contribution in [3.8, 4) is 11.5 Å². The van der Waals surface area contributed by atoms with Crippen molar-refractivity contribution in [1.29, 1.82) is 0 Å². The van der Waals surface area contributed by atoms with Gasteiger partial charge in [-0.25, -0.2) is 0 Å². The fourth-order valence-electron chi connectivity index (χ4n) is 6.11. The van der Waals surface area contributed by atoms with Crippen LogP contribution in [-0.4, -0.2) is 29.6 Å². The smallest absolute Gasteiger partial charge is 0.312 e. The van der Waals surface area contributed by atoms with Crippen molar-refractivity contribution >= 4 is 23.5 Å². The molecule has 1 aromatic rings. The Morgan fingerprint density at radius 3 is 2.66 bits per heavy atom. The molecule has 29 heavy (non-hydrogen) atoms. The van der Waals surface area contributed by atoms with Crippen molar-refractivity contribution < 1.29 is 23.8 Å². The molecule has 6 nitrogen and oxygen atoms in total. The van der Waals surface area contributed by atoms with E-state index in [-0.39, 0.29) is 23.5 Å². The molecule has 4 aliphatic carbocycles. The molecule has 5 aliphatic rings. The number of nitrogens with one attached hydrogen (secondary N) is 1. The number of esters is 1. The maximum absolute atomic E-state index is 13.1. The number of carbonyl (C=O) groups excluding carboxylic acids is 2. The molecular weight excluding hydrogens is 394 g/mol. The number of amides is 1. The second-order valence-corrected chi connectivity index (χ2v) is 10.1. The van der Waals surface area contributed by atoms with Gasteiger partial charge in [-0.05, 0) is 75.0 Å². The molecule has 0 saturated heterocycles. The highest BCUT2D eigenvalue weighted by Crippen LogP contribution is 2.64. The van der Waals surface area contributed by atoms with E-state index in [9.17, 15) is 9.59 Å². The molecule has 4 bridgehead atoms. The van der Waals surface area contributed by atoms with E-state index in [0.29, 0.717) is 36.3 Å². The van der Waals surface area contributed by atoms with Gasteiger partial charge in [-0.15, -0.1) is 11.6 Å². The van der Waals surface area contributed by atoms with Gasteiger partial charge in [0.2, 0.25) is 6.79 Å². The number of rotatable bonds is 5. The molecule has 5 atom stereocenters. The molecule has 0 aromatic heterocycles. The van der Waals surface area contributed by atoms with Crippen molar-refractivity contribution in [3.63, 3.8) is 0 Å². The zero-order chi connectivity index (χ0) is 20.2. The number of halogens is 1. The summed E-state index contributed by atoms with van der Waals surface area (Å²) >= 11 is 6.82. The third-order valence-electron chi connectivity index (χ3n) is 6.98. The monoisotopic (exact) mass is 419 g/mol. The van der Waals surface area contributed by atoms with Crippen LogP contribution in [0.4, 0.5) is 0 Å². The van der Waals surface area contributed by atoms with E-state index >= 15 is 0 Å². The average Bonchev–Trinajstić information content (AvgIpc) is 3.11. The number of carbonyl (C=O) groups is 2. The Hall–Kier alpha value is -1.95. The summed E-state index contributed by atoms with van der Waals surface area (Å²) in [5.41, 5.74) is 0.392. The third-order valence-corrected chi connectivity index (χ3v) is 7.42. The van der Waals surface area contributed by atoms with Crippen LogP contribution in [0, 0.1) is 17.3 Å². The predicted molar refractivity (Wildman–Crippen MR) is 106 cm³/mol. The van der Waals surface area contributed by atoms with E-state index < -0.39 is 11.5 Å². The number of ether oxygens (including phenoxy) is 3. The van der Waals surface area contributed by atoms with Crippen LogP contribution in [0.5, 0.6) is 11.5 Å². The minimum atomic E-state index is -0.837. The molecule has 1 aromatic carbocycles. The summed E-state index contributed by atoms with van der Waals surface area (Å²) in [6, 6.07) is 5.54. The minimum absolute atomic E-state index is 0.213. The molecule has 1 aliphatic heterocycles. The van der Waals surface area contributed by atoms with Crippen LogP contribution in [0.2, 0.25) is 0 Å². The Morgan fingerprint density at radius 2 is 1.93 bits per heavy atom. The SMILES string of the molecule is C[C@H](OC(=O)C12C[C@@H]3C[C@@H](CC(Cl)(C3)C1)C2)C(=O)NCc1ccc2c(c1)OCO2. The fraction of sp³-hybridized carbons (Fsp3) is 0.636. The van der Waals surface area contributed by atoms with Crippen molar-refractivity contribution in [2.45, 2.75) is 63.0 Å². The van der Waals surface area contributed by atoms with Crippen LogP contribution < -0.4 is 14.8 Å². The first-order valence-corrected chi connectivity index (χ1v) is 10.8. The normalized spacial score (nSPS) is 34.7. The summed E-state index contributed by atoms with van der Waals surface area (Å²) < 4.78 is 16.3. The van der Waals surface area contributed by atoms with Gasteiger partial charge in [0.1, 0.15) is 0 Å². The fourth-order valence-corrected chi connectivity index (χ4v) is 6.80. The molecule has 1 amide bonds. The van der Waals surface area contributed by atoms with E-state index in [1.807, 2.05) is 18.2 Å². The summed E-state index contributed by atoms with van der Waals surface area (Å²) in [5, 5.41) is 2.84. The topological polar surface area (TPSA) is 73.9 Å². The van der Waals surface area contributed by atoms with E-state index in [0.717, 1.165) is 31.2 Å². The lowest BCUT2D eigenvalue weighted by molar-refractivity contribution is -0.177. The number of alkyl halides is 1. The van der Waals surface area contributed by atoms with Crippen LogP contribution in [0.25, 0.3) is 0 Å². The Balaban J connectivity index is 1.18. The quantitative estimate of drug-likeness (QED) is 0.583. The number of fused-ring (bicyclic) bond motifs is 1. The minimum Gasteiger partial charge on any atom is -0.454 e. The molecule has 4 fully saturated rings. The lowest BCUT2D eigenvalue weighted by atomic mass is 9.49. The highest BCUT2D eigenvalue weighted by molar-refractivity contribution is 6.24.